The zero-order chi connectivity index (χ0) is 22.1. The second-order valence-corrected chi connectivity index (χ2v) is 7.22. The Morgan fingerprint density at radius 1 is 1.19 bits per heavy atom. The molecule has 2 fully saturated rings. The summed E-state index contributed by atoms with van der Waals surface area (Å²) in [5, 5.41) is 25.6. The molecule has 1 atom stereocenters. The monoisotopic (exact) mass is 438 g/mol. The highest BCUT2D eigenvalue weighted by atomic mass is 19.1. The predicted molar refractivity (Wildman–Crippen MR) is 102 cm³/mol. The Morgan fingerprint density at radius 2 is 1.87 bits per heavy atom. The van der Waals surface area contributed by atoms with Gasteiger partial charge in [-0.05, 0) is 0 Å². The molecule has 0 aliphatic carbocycles. The maximum atomic E-state index is 14.8. The van der Waals surface area contributed by atoms with Gasteiger partial charge in [-0.1, -0.05) is 5.21 Å². The average molecular weight is 438 g/mol. The highest BCUT2D eigenvalue weighted by Crippen LogP contribution is 2.31. The minimum Gasteiger partial charge on any atom is -0.465 e. The first-order chi connectivity index (χ1) is 14.9. The Bertz CT molecular complexity index is 971. The van der Waals surface area contributed by atoms with E-state index in [4.69, 9.17) is 14.9 Å². The van der Waals surface area contributed by atoms with Gasteiger partial charge in [0.15, 0.2) is 11.6 Å². The average Bonchev–Trinajstić information content (AvgIpc) is 3.34. The molecule has 1 aromatic heterocycles. The lowest BCUT2D eigenvalue weighted by Gasteiger charge is -2.35. The SMILES string of the molecule is O=C(O)N1CCN(c2c(F)cc(N3CC(Cn4cc(CO)nn4)OC3=O)cc2F)CC1. The number of piperazine rings is 1. The van der Waals surface area contributed by atoms with Crippen LogP contribution in [0.15, 0.2) is 18.3 Å². The molecule has 2 aliphatic heterocycles. The molecular formula is C18H20F2N6O5. The van der Waals surface area contributed by atoms with Crippen molar-refractivity contribution in [1.29, 1.82) is 0 Å². The van der Waals surface area contributed by atoms with Crippen LogP contribution in [-0.2, 0) is 17.9 Å². The third-order valence-electron chi connectivity index (χ3n) is 5.19. The largest absolute Gasteiger partial charge is 0.465 e. The van der Waals surface area contributed by atoms with E-state index in [1.165, 1.54) is 20.7 Å². The highest BCUT2D eigenvalue weighted by molar-refractivity contribution is 5.90. The number of carboxylic acid groups (broad SMARTS) is 1. The number of aliphatic hydroxyl groups excluding tert-OH is 1. The lowest BCUT2D eigenvalue weighted by Crippen LogP contribution is -2.48. The molecule has 2 aliphatic rings. The van der Waals surface area contributed by atoms with Gasteiger partial charge in [-0.25, -0.2) is 23.1 Å². The van der Waals surface area contributed by atoms with Gasteiger partial charge in [0, 0.05) is 38.3 Å². The van der Waals surface area contributed by atoms with Crippen LogP contribution in [0.5, 0.6) is 0 Å². The zero-order valence-corrected chi connectivity index (χ0v) is 16.3. The van der Waals surface area contributed by atoms with Crippen LogP contribution in [-0.4, -0.2) is 81.1 Å². The Kier molecular flexibility index (Phi) is 5.59. The molecule has 11 nitrogen and oxygen atoms in total. The van der Waals surface area contributed by atoms with E-state index in [9.17, 15) is 18.4 Å². The smallest absolute Gasteiger partial charge is 0.414 e. The van der Waals surface area contributed by atoms with Gasteiger partial charge < -0.3 is 24.7 Å². The van der Waals surface area contributed by atoms with E-state index in [1.54, 1.807) is 0 Å². The van der Waals surface area contributed by atoms with E-state index >= 15 is 0 Å². The van der Waals surface area contributed by atoms with Gasteiger partial charge in [0.2, 0.25) is 0 Å². The van der Waals surface area contributed by atoms with Gasteiger partial charge in [0.1, 0.15) is 17.5 Å². The fourth-order valence-electron chi connectivity index (χ4n) is 3.67. The van der Waals surface area contributed by atoms with E-state index < -0.39 is 29.9 Å². The molecule has 166 valence electrons. The summed E-state index contributed by atoms with van der Waals surface area (Å²) in [6, 6.07) is 2.12. The van der Waals surface area contributed by atoms with Crippen molar-refractivity contribution in [3.05, 3.63) is 35.7 Å². The number of carbonyl (C=O) groups excluding carboxylic acids is 1. The maximum absolute atomic E-state index is 14.8. The summed E-state index contributed by atoms with van der Waals surface area (Å²) in [7, 11) is 0. The van der Waals surface area contributed by atoms with Crippen molar-refractivity contribution in [3.8, 4) is 0 Å². The Morgan fingerprint density at radius 3 is 2.45 bits per heavy atom. The first-order valence-corrected chi connectivity index (χ1v) is 9.55. The normalized spacial score (nSPS) is 19.1. The lowest BCUT2D eigenvalue weighted by molar-refractivity contribution is 0.129. The molecule has 4 rings (SSSR count). The summed E-state index contributed by atoms with van der Waals surface area (Å²) in [5.74, 6) is -1.70. The second-order valence-electron chi connectivity index (χ2n) is 7.22. The van der Waals surface area contributed by atoms with Crippen LogP contribution in [0, 0.1) is 11.6 Å². The number of anilines is 2. The summed E-state index contributed by atoms with van der Waals surface area (Å²) >= 11 is 0. The first kappa shape index (κ1) is 20.8. The number of hydrogen-bond donors (Lipinski definition) is 2. The molecule has 31 heavy (non-hydrogen) atoms. The highest BCUT2D eigenvalue weighted by Gasteiger charge is 2.34. The number of aliphatic hydroxyl groups is 1. The molecular weight excluding hydrogens is 418 g/mol. The molecule has 2 amide bonds. The molecule has 0 spiro atoms. The molecule has 1 aromatic carbocycles. The minimum atomic E-state index is -1.07. The Hall–Kier alpha value is -3.48. The maximum Gasteiger partial charge on any atom is 0.414 e. The predicted octanol–water partition coefficient (Wildman–Crippen LogP) is 0.874. The van der Waals surface area contributed by atoms with Gasteiger partial charge in [0.25, 0.3) is 0 Å². The van der Waals surface area contributed by atoms with Crippen LogP contribution in [0.4, 0.5) is 29.7 Å². The Balaban J connectivity index is 1.46. The number of hydrogen-bond acceptors (Lipinski definition) is 7. The van der Waals surface area contributed by atoms with E-state index in [1.807, 2.05) is 0 Å². The fraction of sp³-hybridized carbons (Fsp3) is 0.444. The minimum absolute atomic E-state index is 0.0186. The van der Waals surface area contributed by atoms with Gasteiger partial charge in [-0.3, -0.25) is 4.90 Å². The number of rotatable bonds is 5. The molecule has 3 heterocycles. The molecule has 2 saturated heterocycles. The number of amides is 2. The zero-order valence-electron chi connectivity index (χ0n) is 16.3. The summed E-state index contributed by atoms with van der Waals surface area (Å²) in [6.07, 6.45) is -0.921. The molecule has 2 aromatic rings. The van der Waals surface area contributed by atoms with Crippen molar-refractivity contribution in [3.63, 3.8) is 0 Å². The van der Waals surface area contributed by atoms with Crippen LogP contribution in [0.3, 0.4) is 0 Å². The van der Waals surface area contributed by atoms with E-state index in [-0.39, 0.29) is 57.3 Å². The number of halogens is 2. The first-order valence-electron chi connectivity index (χ1n) is 9.55. The van der Waals surface area contributed by atoms with Crippen molar-refractivity contribution in [1.82, 2.24) is 19.9 Å². The van der Waals surface area contributed by atoms with Crippen LogP contribution in [0.1, 0.15) is 5.69 Å². The molecule has 2 N–H and O–H groups in total. The summed E-state index contributed by atoms with van der Waals surface area (Å²) in [4.78, 5) is 27.0. The van der Waals surface area contributed by atoms with Crippen LogP contribution in [0.25, 0.3) is 0 Å². The number of cyclic esters (lactones) is 1. The van der Waals surface area contributed by atoms with Crippen LogP contribution < -0.4 is 9.80 Å². The van der Waals surface area contributed by atoms with E-state index in [0.29, 0.717) is 5.69 Å². The number of carbonyl (C=O) groups is 2. The molecule has 1 unspecified atom stereocenters. The molecule has 0 bridgehead atoms. The number of ether oxygens (including phenoxy) is 1. The third kappa shape index (κ3) is 4.21. The Labute approximate surface area is 175 Å². The van der Waals surface area contributed by atoms with Crippen molar-refractivity contribution in [2.24, 2.45) is 0 Å². The van der Waals surface area contributed by atoms with Crippen molar-refractivity contribution < 1.29 is 33.3 Å². The number of nitrogens with zero attached hydrogens (tertiary/aromatic N) is 6. The van der Waals surface area contributed by atoms with Gasteiger partial charge in [0.05, 0.1) is 31.6 Å². The fourth-order valence-corrected chi connectivity index (χ4v) is 3.67. The van der Waals surface area contributed by atoms with Gasteiger partial charge in [-0.15, -0.1) is 5.10 Å². The number of benzene rings is 1. The topological polar surface area (TPSA) is 124 Å². The third-order valence-corrected chi connectivity index (χ3v) is 5.19. The van der Waals surface area contributed by atoms with Crippen molar-refractivity contribution >= 4 is 23.6 Å². The molecule has 0 saturated carbocycles. The van der Waals surface area contributed by atoms with E-state index in [0.717, 1.165) is 17.0 Å². The van der Waals surface area contributed by atoms with Crippen molar-refractivity contribution in [2.75, 3.05) is 42.5 Å². The molecule has 0 radical (unpaired) electrons. The molecule has 13 heteroatoms. The van der Waals surface area contributed by atoms with E-state index in [2.05, 4.69) is 10.3 Å². The summed E-state index contributed by atoms with van der Waals surface area (Å²) in [6.45, 7) is 0.538. The quantitative estimate of drug-likeness (QED) is 0.705. The lowest BCUT2D eigenvalue weighted by atomic mass is 10.2. The standard InChI is InChI=1S/C18H20F2N6O5/c19-14-5-12(6-15(20)16(14)23-1-3-24(4-2-23)17(28)29)26-9-13(31-18(26)30)8-25-7-11(10-27)21-22-25/h5-7,13,27H,1-4,8-10H2,(H,28,29). The number of aromatic nitrogens is 3. The van der Waals surface area contributed by atoms with Crippen LogP contribution >= 0.6 is 0 Å². The summed E-state index contributed by atoms with van der Waals surface area (Å²) in [5.41, 5.74) is 0.132. The van der Waals surface area contributed by atoms with Crippen LogP contribution in [0.2, 0.25) is 0 Å². The summed E-state index contributed by atoms with van der Waals surface area (Å²) < 4.78 is 36.2. The van der Waals surface area contributed by atoms with Gasteiger partial charge in [-0.2, -0.15) is 0 Å². The van der Waals surface area contributed by atoms with Gasteiger partial charge >= 0.3 is 12.2 Å². The van der Waals surface area contributed by atoms with Crippen molar-refractivity contribution in [2.45, 2.75) is 19.3 Å². The second kappa shape index (κ2) is 8.34.